The highest BCUT2D eigenvalue weighted by Crippen LogP contribution is 2.24. The van der Waals surface area contributed by atoms with E-state index in [-0.39, 0.29) is 5.91 Å². The van der Waals surface area contributed by atoms with Crippen LogP contribution in [0.1, 0.15) is 49.4 Å². The number of halogens is 1. The summed E-state index contributed by atoms with van der Waals surface area (Å²) >= 11 is 6.07. The lowest BCUT2D eigenvalue weighted by molar-refractivity contribution is 0.0759. The van der Waals surface area contributed by atoms with Crippen molar-refractivity contribution in [2.45, 2.75) is 39.0 Å². The lowest BCUT2D eigenvalue weighted by Gasteiger charge is -2.21. The Kier molecular flexibility index (Phi) is 5.20. The van der Waals surface area contributed by atoms with E-state index in [1.54, 1.807) is 18.5 Å². The molecule has 1 aromatic heterocycles. The molecule has 0 spiro atoms. The van der Waals surface area contributed by atoms with Gasteiger partial charge in [-0.3, -0.25) is 9.78 Å². The first kappa shape index (κ1) is 14.3. The molecule has 3 nitrogen and oxygen atoms in total. The van der Waals surface area contributed by atoms with Crippen molar-refractivity contribution >= 4 is 17.5 Å². The Hall–Kier alpha value is -1.09. The van der Waals surface area contributed by atoms with E-state index in [1.165, 1.54) is 19.3 Å². The third-order valence-corrected chi connectivity index (χ3v) is 4.16. The number of aromatic nitrogens is 1. The minimum atomic E-state index is 0.0234. The summed E-state index contributed by atoms with van der Waals surface area (Å²) in [4.78, 5) is 18.4. The van der Waals surface area contributed by atoms with Crippen LogP contribution in [0, 0.1) is 5.92 Å². The van der Waals surface area contributed by atoms with Crippen molar-refractivity contribution in [2.24, 2.45) is 5.92 Å². The van der Waals surface area contributed by atoms with Gasteiger partial charge in [-0.05, 0) is 31.2 Å². The Morgan fingerprint density at radius 2 is 2.32 bits per heavy atom. The lowest BCUT2D eigenvalue weighted by Crippen LogP contribution is -2.32. The predicted molar refractivity (Wildman–Crippen MR) is 77.4 cm³/mol. The fraction of sp³-hybridized carbons (Fsp3) is 0.600. The van der Waals surface area contributed by atoms with Gasteiger partial charge in [-0.2, -0.15) is 0 Å². The lowest BCUT2D eigenvalue weighted by atomic mass is 9.96. The van der Waals surface area contributed by atoms with Crippen LogP contribution in [0.3, 0.4) is 0 Å². The average Bonchev–Trinajstić information content (AvgIpc) is 2.65. The fourth-order valence-electron chi connectivity index (χ4n) is 2.77. The molecule has 1 aliphatic rings. The van der Waals surface area contributed by atoms with E-state index in [0.717, 1.165) is 31.8 Å². The van der Waals surface area contributed by atoms with Crippen molar-refractivity contribution in [3.8, 4) is 0 Å². The Morgan fingerprint density at radius 1 is 1.47 bits per heavy atom. The molecule has 0 saturated carbocycles. The number of rotatable bonds is 3. The zero-order valence-corrected chi connectivity index (χ0v) is 12.2. The van der Waals surface area contributed by atoms with Crippen molar-refractivity contribution in [1.29, 1.82) is 0 Å². The van der Waals surface area contributed by atoms with E-state index in [0.29, 0.717) is 10.6 Å². The highest BCUT2D eigenvalue weighted by molar-refractivity contribution is 6.33. The summed E-state index contributed by atoms with van der Waals surface area (Å²) in [6.07, 6.45) is 9.12. The number of pyridine rings is 1. The smallest absolute Gasteiger partial charge is 0.256 e. The molecule has 0 bridgehead atoms. The number of carbonyl (C=O) groups excluding carboxylic acids is 1. The summed E-state index contributed by atoms with van der Waals surface area (Å²) in [7, 11) is 0. The van der Waals surface area contributed by atoms with Crippen molar-refractivity contribution in [3.05, 3.63) is 29.0 Å². The number of hydrogen-bond donors (Lipinski definition) is 0. The van der Waals surface area contributed by atoms with Crippen LogP contribution in [-0.2, 0) is 0 Å². The molecular weight excluding hydrogens is 260 g/mol. The number of carbonyl (C=O) groups is 1. The molecule has 1 fully saturated rings. The summed E-state index contributed by atoms with van der Waals surface area (Å²) in [5, 5.41) is 0.495. The number of nitrogens with zero attached hydrogens (tertiary/aromatic N) is 2. The van der Waals surface area contributed by atoms with Crippen LogP contribution in [0.5, 0.6) is 0 Å². The Morgan fingerprint density at radius 3 is 3.05 bits per heavy atom. The van der Waals surface area contributed by atoms with E-state index >= 15 is 0 Å². The Bertz CT molecular complexity index is 436. The van der Waals surface area contributed by atoms with Crippen LogP contribution in [-0.4, -0.2) is 28.9 Å². The van der Waals surface area contributed by atoms with Crippen LogP contribution >= 0.6 is 11.6 Å². The van der Waals surface area contributed by atoms with Gasteiger partial charge in [0.15, 0.2) is 0 Å². The maximum absolute atomic E-state index is 12.4. The molecule has 0 radical (unpaired) electrons. The molecule has 0 aliphatic carbocycles. The van der Waals surface area contributed by atoms with E-state index < -0.39 is 0 Å². The van der Waals surface area contributed by atoms with Gasteiger partial charge in [-0.15, -0.1) is 0 Å². The molecule has 1 amide bonds. The van der Waals surface area contributed by atoms with Gasteiger partial charge in [0.25, 0.3) is 5.91 Å². The first-order valence-electron chi connectivity index (χ1n) is 7.11. The SMILES string of the molecule is CCCC1CCCN(C(=O)c2cnccc2Cl)CC1. The first-order valence-corrected chi connectivity index (χ1v) is 7.49. The summed E-state index contributed by atoms with van der Waals surface area (Å²) in [5.41, 5.74) is 0.526. The molecule has 1 atom stereocenters. The van der Waals surface area contributed by atoms with Gasteiger partial charge in [0.05, 0.1) is 10.6 Å². The van der Waals surface area contributed by atoms with Gasteiger partial charge < -0.3 is 4.90 Å². The molecule has 104 valence electrons. The average molecular weight is 281 g/mol. The molecule has 19 heavy (non-hydrogen) atoms. The van der Waals surface area contributed by atoms with E-state index in [2.05, 4.69) is 11.9 Å². The zero-order valence-electron chi connectivity index (χ0n) is 11.4. The van der Waals surface area contributed by atoms with Gasteiger partial charge in [0.1, 0.15) is 0 Å². The Labute approximate surface area is 120 Å². The molecule has 4 heteroatoms. The van der Waals surface area contributed by atoms with Gasteiger partial charge in [-0.25, -0.2) is 0 Å². The molecule has 0 aromatic carbocycles. The van der Waals surface area contributed by atoms with E-state index in [1.807, 2.05) is 4.90 Å². The standard InChI is InChI=1S/C15H21ClN2O/c1-2-4-12-5-3-9-18(10-7-12)15(19)13-11-17-8-6-14(13)16/h6,8,11-12H,2-5,7,9-10H2,1H3. The number of amides is 1. The topological polar surface area (TPSA) is 33.2 Å². The predicted octanol–water partition coefficient (Wildman–Crippen LogP) is 3.78. The molecule has 1 unspecified atom stereocenters. The summed E-state index contributed by atoms with van der Waals surface area (Å²) in [6, 6.07) is 1.67. The van der Waals surface area contributed by atoms with Crippen LogP contribution in [0.25, 0.3) is 0 Å². The first-order chi connectivity index (χ1) is 9.22. The van der Waals surface area contributed by atoms with Gasteiger partial charge in [0, 0.05) is 25.5 Å². The summed E-state index contributed by atoms with van der Waals surface area (Å²) in [6.45, 7) is 3.90. The van der Waals surface area contributed by atoms with Crippen LogP contribution < -0.4 is 0 Å². The molecule has 0 N–H and O–H groups in total. The molecule has 1 saturated heterocycles. The molecule has 1 aliphatic heterocycles. The second-order valence-electron chi connectivity index (χ2n) is 5.23. The number of likely N-dealkylation sites (tertiary alicyclic amines) is 1. The minimum Gasteiger partial charge on any atom is -0.339 e. The van der Waals surface area contributed by atoms with Crippen molar-refractivity contribution in [2.75, 3.05) is 13.1 Å². The maximum Gasteiger partial charge on any atom is 0.256 e. The number of hydrogen-bond acceptors (Lipinski definition) is 2. The van der Waals surface area contributed by atoms with Gasteiger partial charge in [-0.1, -0.05) is 31.4 Å². The third kappa shape index (κ3) is 3.69. The van der Waals surface area contributed by atoms with Crippen LogP contribution in [0.2, 0.25) is 5.02 Å². The Balaban J connectivity index is 2.02. The van der Waals surface area contributed by atoms with E-state index in [9.17, 15) is 4.79 Å². The quantitative estimate of drug-likeness (QED) is 0.844. The van der Waals surface area contributed by atoms with E-state index in [4.69, 9.17) is 11.6 Å². The third-order valence-electron chi connectivity index (χ3n) is 3.83. The highest BCUT2D eigenvalue weighted by atomic mass is 35.5. The second kappa shape index (κ2) is 6.90. The molecule has 2 rings (SSSR count). The van der Waals surface area contributed by atoms with Crippen LogP contribution in [0.15, 0.2) is 18.5 Å². The minimum absolute atomic E-state index is 0.0234. The van der Waals surface area contributed by atoms with Crippen molar-refractivity contribution in [1.82, 2.24) is 9.88 Å². The highest BCUT2D eigenvalue weighted by Gasteiger charge is 2.22. The summed E-state index contributed by atoms with van der Waals surface area (Å²) < 4.78 is 0. The summed E-state index contributed by atoms with van der Waals surface area (Å²) in [5.74, 6) is 0.794. The normalized spacial score (nSPS) is 20.1. The molecule has 2 heterocycles. The molecular formula is C15H21ClN2O. The maximum atomic E-state index is 12.4. The zero-order chi connectivity index (χ0) is 13.7. The monoisotopic (exact) mass is 280 g/mol. The largest absolute Gasteiger partial charge is 0.339 e. The second-order valence-corrected chi connectivity index (χ2v) is 5.64. The fourth-order valence-corrected chi connectivity index (χ4v) is 2.96. The van der Waals surface area contributed by atoms with Crippen molar-refractivity contribution < 1.29 is 4.79 Å². The van der Waals surface area contributed by atoms with Crippen LogP contribution in [0.4, 0.5) is 0 Å². The van der Waals surface area contributed by atoms with Gasteiger partial charge >= 0.3 is 0 Å². The van der Waals surface area contributed by atoms with Crippen molar-refractivity contribution in [3.63, 3.8) is 0 Å². The molecule has 1 aromatic rings. The van der Waals surface area contributed by atoms with Gasteiger partial charge in [0.2, 0.25) is 0 Å².